The fourth-order valence-corrected chi connectivity index (χ4v) is 4.44. The van der Waals surface area contributed by atoms with E-state index in [-0.39, 0.29) is 23.3 Å². The van der Waals surface area contributed by atoms with Gasteiger partial charge in [0.1, 0.15) is 24.2 Å². The molecule has 0 saturated carbocycles. The average molecular weight is 469 g/mol. The van der Waals surface area contributed by atoms with Gasteiger partial charge in [-0.15, -0.1) is 0 Å². The van der Waals surface area contributed by atoms with E-state index >= 15 is 0 Å². The average Bonchev–Trinajstić information content (AvgIpc) is 3.43. The first kappa shape index (κ1) is 21.4. The second-order valence-electron chi connectivity index (χ2n) is 8.12. The molecule has 2 saturated heterocycles. The number of H-pyrrole nitrogens is 1. The van der Waals surface area contributed by atoms with Gasteiger partial charge >= 0.3 is 6.03 Å². The molecule has 2 aromatic carbocycles. The first-order chi connectivity index (χ1) is 16.0. The van der Waals surface area contributed by atoms with Crippen molar-refractivity contribution in [2.24, 2.45) is 4.99 Å². The third kappa shape index (κ3) is 4.16. The number of aromatic nitrogens is 2. The summed E-state index contributed by atoms with van der Waals surface area (Å²) in [5.74, 6) is -0.400. The molecule has 10 heteroatoms. The minimum absolute atomic E-state index is 0.0145. The Hall–Kier alpha value is -3.46. The first-order valence-corrected chi connectivity index (χ1v) is 11.2. The molecule has 1 aromatic heterocycles. The van der Waals surface area contributed by atoms with Crippen LogP contribution in [0.4, 0.5) is 14.9 Å². The van der Waals surface area contributed by atoms with Gasteiger partial charge in [0, 0.05) is 18.8 Å². The maximum absolute atomic E-state index is 14.3. The number of amidine groups is 1. The monoisotopic (exact) mass is 468 g/mol. The number of piperidine rings is 1. The van der Waals surface area contributed by atoms with Gasteiger partial charge in [0.2, 0.25) is 5.91 Å². The fraction of sp³-hybridized carbons (Fsp3) is 0.304. The van der Waals surface area contributed by atoms with Crippen LogP contribution < -0.4 is 10.2 Å². The Morgan fingerprint density at radius 1 is 1.18 bits per heavy atom. The zero-order valence-corrected chi connectivity index (χ0v) is 18.5. The third-order valence-corrected chi connectivity index (χ3v) is 6.31. The van der Waals surface area contributed by atoms with Crippen molar-refractivity contribution in [3.05, 3.63) is 59.1 Å². The molecule has 170 valence electrons. The van der Waals surface area contributed by atoms with Crippen molar-refractivity contribution in [2.45, 2.75) is 25.3 Å². The number of nitrogens with zero attached hydrogens (tertiary/aromatic N) is 4. The van der Waals surface area contributed by atoms with Crippen LogP contribution in [0.3, 0.4) is 0 Å². The minimum atomic E-state index is -0.741. The van der Waals surface area contributed by atoms with Gasteiger partial charge in [-0.1, -0.05) is 17.7 Å². The molecule has 0 spiro atoms. The molecular weight excluding hydrogens is 447 g/mol. The van der Waals surface area contributed by atoms with Crippen LogP contribution in [0, 0.1) is 5.82 Å². The summed E-state index contributed by atoms with van der Waals surface area (Å²) in [6, 6.07) is 8.59. The quantitative estimate of drug-likeness (QED) is 0.605. The molecule has 0 radical (unpaired) electrons. The molecule has 1 unspecified atom stereocenters. The molecule has 3 aromatic rings. The van der Waals surface area contributed by atoms with Crippen molar-refractivity contribution in [1.82, 2.24) is 20.2 Å². The van der Waals surface area contributed by atoms with Gasteiger partial charge in [-0.2, -0.15) is 0 Å². The van der Waals surface area contributed by atoms with E-state index in [1.165, 1.54) is 17.0 Å². The van der Waals surface area contributed by atoms with Gasteiger partial charge in [-0.3, -0.25) is 20.0 Å². The number of fused-ring (bicyclic) bond motifs is 1. The highest BCUT2D eigenvalue weighted by atomic mass is 35.5. The summed E-state index contributed by atoms with van der Waals surface area (Å²) in [4.78, 5) is 40.7. The number of hydrogen-bond donors (Lipinski definition) is 2. The standard InChI is InChI=1S/C23H22ClFN6O2/c24-16-6-4-14(10-17(16)25)21-22(26-12-20(32)30-8-2-1-3-9-30)29-23(33)31(21)15-5-7-18-19(11-15)28-13-27-18/h4-7,10-11,13,21H,1-3,8-9,12H2,(H,27,28)(H,26,29,33). The van der Waals surface area contributed by atoms with Crippen molar-refractivity contribution in [1.29, 1.82) is 0 Å². The first-order valence-electron chi connectivity index (χ1n) is 10.8. The van der Waals surface area contributed by atoms with Crippen molar-refractivity contribution in [3.63, 3.8) is 0 Å². The fourth-order valence-electron chi connectivity index (χ4n) is 4.33. The number of likely N-dealkylation sites (tertiary alicyclic amines) is 1. The van der Waals surface area contributed by atoms with Crippen LogP contribution in [-0.4, -0.2) is 52.3 Å². The minimum Gasteiger partial charge on any atom is -0.345 e. The molecule has 0 aliphatic carbocycles. The van der Waals surface area contributed by atoms with Crippen LogP contribution in [0.5, 0.6) is 0 Å². The number of carbonyl (C=O) groups excluding carboxylic acids is 2. The van der Waals surface area contributed by atoms with E-state index in [0.29, 0.717) is 16.8 Å². The van der Waals surface area contributed by atoms with E-state index in [2.05, 4.69) is 20.3 Å². The number of imidazole rings is 1. The summed E-state index contributed by atoms with van der Waals surface area (Å²) in [6.07, 6.45) is 4.65. The second kappa shape index (κ2) is 8.82. The summed E-state index contributed by atoms with van der Waals surface area (Å²) in [5, 5.41) is 2.75. The number of aromatic amines is 1. The number of rotatable bonds is 4. The van der Waals surface area contributed by atoms with E-state index in [4.69, 9.17) is 11.6 Å². The lowest BCUT2D eigenvalue weighted by atomic mass is 10.0. The molecule has 2 fully saturated rings. The number of halogens is 2. The summed E-state index contributed by atoms with van der Waals surface area (Å²) in [7, 11) is 0. The Morgan fingerprint density at radius 3 is 2.79 bits per heavy atom. The van der Waals surface area contributed by atoms with E-state index in [1.54, 1.807) is 29.4 Å². The highest BCUT2D eigenvalue weighted by Crippen LogP contribution is 2.34. The van der Waals surface area contributed by atoms with Crippen LogP contribution in [-0.2, 0) is 4.79 Å². The van der Waals surface area contributed by atoms with E-state index in [9.17, 15) is 14.0 Å². The van der Waals surface area contributed by atoms with Gasteiger partial charge in [0.25, 0.3) is 0 Å². The van der Waals surface area contributed by atoms with Gasteiger partial charge in [-0.05, 0) is 55.2 Å². The SMILES string of the molecule is O=C(CN=C1NC(=O)N(c2ccc3[nH]cnc3c2)C1c1ccc(Cl)c(F)c1)N1CCCCC1. The van der Waals surface area contributed by atoms with Crippen LogP contribution >= 0.6 is 11.6 Å². The predicted molar refractivity (Wildman–Crippen MR) is 124 cm³/mol. The molecule has 33 heavy (non-hydrogen) atoms. The number of benzene rings is 2. The van der Waals surface area contributed by atoms with Crippen molar-refractivity contribution >= 4 is 46.1 Å². The molecule has 5 rings (SSSR count). The molecule has 8 nitrogen and oxygen atoms in total. The summed E-state index contributed by atoms with van der Waals surface area (Å²) >= 11 is 5.88. The topological polar surface area (TPSA) is 93.7 Å². The molecule has 0 bridgehead atoms. The zero-order valence-electron chi connectivity index (χ0n) is 17.7. The van der Waals surface area contributed by atoms with E-state index in [1.807, 2.05) is 6.07 Å². The number of anilines is 1. The van der Waals surface area contributed by atoms with Crippen molar-refractivity contribution in [3.8, 4) is 0 Å². The molecule has 2 N–H and O–H groups in total. The van der Waals surface area contributed by atoms with E-state index in [0.717, 1.165) is 37.9 Å². The molecular formula is C23H22ClFN6O2. The Kier molecular flexibility index (Phi) is 5.72. The lowest BCUT2D eigenvalue weighted by Gasteiger charge is -2.26. The zero-order chi connectivity index (χ0) is 22.9. The van der Waals surface area contributed by atoms with Crippen LogP contribution in [0.1, 0.15) is 30.9 Å². The molecule has 2 aliphatic heterocycles. The maximum Gasteiger partial charge on any atom is 0.328 e. The predicted octanol–water partition coefficient (Wildman–Crippen LogP) is 4.04. The van der Waals surface area contributed by atoms with Crippen LogP contribution in [0.15, 0.2) is 47.7 Å². The molecule has 1 atom stereocenters. The van der Waals surface area contributed by atoms with E-state index < -0.39 is 17.9 Å². The number of hydrogen-bond acceptors (Lipinski definition) is 4. The Labute approximate surface area is 194 Å². The van der Waals surface area contributed by atoms with Crippen LogP contribution in [0.25, 0.3) is 11.0 Å². The normalized spacial score (nSPS) is 20.0. The van der Waals surface area contributed by atoms with Gasteiger partial charge in [-0.25, -0.2) is 14.2 Å². The molecule has 3 amide bonds. The third-order valence-electron chi connectivity index (χ3n) is 6.01. The lowest BCUT2D eigenvalue weighted by Crippen LogP contribution is -2.37. The number of aliphatic imine (C=N–C) groups is 1. The largest absolute Gasteiger partial charge is 0.345 e. The molecule has 2 aliphatic rings. The van der Waals surface area contributed by atoms with Gasteiger partial charge in [0.05, 0.1) is 22.4 Å². The number of urea groups is 1. The summed E-state index contributed by atoms with van der Waals surface area (Å²) in [6.45, 7) is 1.35. The van der Waals surface area contributed by atoms with Crippen molar-refractivity contribution < 1.29 is 14.0 Å². The number of carbonyl (C=O) groups is 2. The molecule has 3 heterocycles. The van der Waals surface area contributed by atoms with Crippen LogP contribution in [0.2, 0.25) is 5.02 Å². The Bertz CT molecular complexity index is 1250. The summed E-state index contributed by atoms with van der Waals surface area (Å²) < 4.78 is 14.3. The Morgan fingerprint density at radius 2 is 2.00 bits per heavy atom. The Balaban J connectivity index is 1.51. The highest BCUT2D eigenvalue weighted by Gasteiger charge is 2.39. The van der Waals surface area contributed by atoms with Gasteiger partial charge in [0.15, 0.2) is 0 Å². The van der Waals surface area contributed by atoms with Crippen molar-refractivity contribution in [2.75, 3.05) is 24.5 Å². The summed E-state index contributed by atoms with van der Waals surface area (Å²) in [5.41, 5.74) is 2.57. The second-order valence-corrected chi connectivity index (χ2v) is 8.53. The van der Waals surface area contributed by atoms with Gasteiger partial charge < -0.3 is 9.88 Å². The smallest absolute Gasteiger partial charge is 0.328 e. The number of nitrogens with one attached hydrogen (secondary N) is 2. The maximum atomic E-state index is 14.3. The lowest BCUT2D eigenvalue weighted by molar-refractivity contribution is -0.130. The number of amides is 3. The highest BCUT2D eigenvalue weighted by molar-refractivity contribution is 6.30.